The Hall–Kier alpha value is -2.07. The molecule has 0 aliphatic heterocycles. The predicted octanol–water partition coefficient (Wildman–Crippen LogP) is 2.13. The van der Waals surface area contributed by atoms with Gasteiger partial charge < -0.3 is 15.2 Å². The number of benzene rings is 1. The van der Waals surface area contributed by atoms with Gasteiger partial charge in [-0.3, -0.25) is 0 Å². The van der Waals surface area contributed by atoms with Crippen LogP contribution in [0.2, 0.25) is 0 Å². The molecule has 4 heteroatoms. The van der Waals surface area contributed by atoms with Crippen molar-refractivity contribution in [2.24, 2.45) is 5.73 Å². The average molecular weight is 244 g/mol. The minimum atomic E-state index is 0.464. The molecule has 0 spiro atoms. The molecule has 0 fully saturated rings. The molecule has 0 amide bonds. The average Bonchev–Trinajstić information content (AvgIpc) is 2.46. The lowest BCUT2D eigenvalue weighted by molar-refractivity contribution is 0.293. The number of methoxy groups -OCH3 is 1. The lowest BCUT2D eigenvalue weighted by atomic mass is 10.2. The van der Waals surface area contributed by atoms with E-state index in [4.69, 9.17) is 15.2 Å². The van der Waals surface area contributed by atoms with E-state index in [1.165, 1.54) is 0 Å². The van der Waals surface area contributed by atoms with E-state index in [0.29, 0.717) is 19.0 Å². The molecule has 2 rings (SSSR count). The molecule has 18 heavy (non-hydrogen) atoms. The second kappa shape index (κ2) is 6.02. The van der Waals surface area contributed by atoms with Crippen LogP contribution in [0.1, 0.15) is 11.1 Å². The van der Waals surface area contributed by atoms with E-state index in [9.17, 15) is 0 Å². The Kier molecular flexibility index (Phi) is 4.15. The van der Waals surface area contributed by atoms with Gasteiger partial charge in [-0.25, -0.2) is 4.98 Å². The zero-order chi connectivity index (χ0) is 12.8. The third-order valence-corrected chi connectivity index (χ3v) is 2.55. The molecular weight excluding hydrogens is 228 g/mol. The fourth-order valence-corrected chi connectivity index (χ4v) is 1.54. The topological polar surface area (TPSA) is 57.4 Å². The van der Waals surface area contributed by atoms with Crippen molar-refractivity contribution in [3.8, 4) is 11.6 Å². The number of aromatic nitrogens is 1. The maximum atomic E-state index is 5.58. The van der Waals surface area contributed by atoms with Crippen LogP contribution in [0, 0.1) is 0 Å². The highest BCUT2D eigenvalue weighted by Gasteiger charge is 1.99. The van der Waals surface area contributed by atoms with Crippen molar-refractivity contribution < 1.29 is 9.47 Å². The molecule has 0 bridgehead atoms. The molecule has 1 heterocycles. The molecule has 0 radical (unpaired) electrons. The normalized spacial score (nSPS) is 10.1. The Balaban J connectivity index is 1.97. The van der Waals surface area contributed by atoms with Gasteiger partial charge in [0.2, 0.25) is 5.88 Å². The third kappa shape index (κ3) is 3.21. The molecule has 4 nitrogen and oxygen atoms in total. The van der Waals surface area contributed by atoms with Crippen molar-refractivity contribution in [2.75, 3.05) is 7.11 Å². The molecule has 0 saturated carbocycles. The summed E-state index contributed by atoms with van der Waals surface area (Å²) in [6.45, 7) is 0.954. The van der Waals surface area contributed by atoms with Crippen molar-refractivity contribution in [1.29, 1.82) is 0 Å². The first-order valence-electron chi connectivity index (χ1n) is 5.72. The van der Waals surface area contributed by atoms with E-state index in [2.05, 4.69) is 4.98 Å². The van der Waals surface area contributed by atoms with Crippen molar-refractivity contribution >= 4 is 0 Å². The lowest BCUT2D eigenvalue weighted by Crippen LogP contribution is -2.00. The molecule has 0 aliphatic carbocycles. The van der Waals surface area contributed by atoms with Gasteiger partial charge in [0.25, 0.3) is 0 Å². The number of nitrogens with two attached hydrogens (primary N) is 1. The fourth-order valence-electron chi connectivity index (χ4n) is 1.54. The molecule has 2 aromatic rings. The van der Waals surface area contributed by atoms with E-state index in [-0.39, 0.29) is 0 Å². The summed E-state index contributed by atoms with van der Waals surface area (Å²) in [5.41, 5.74) is 7.53. The quantitative estimate of drug-likeness (QED) is 0.875. The van der Waals surface area contributed by atoms with E-state index in [0.717, 1.165) is 16.9 Å². The minimum Gasteiger partial charge on any atom is -0.497 e. The minimum absolute atomic E-state index is 0.464. The van der Waals surface area contributed by atoms with E-state index in [1.54, 1.807) is 13.3 Å². The standard InChI is InChI=1S/C14H16N2O2/c1-17-13-4-2-3-11(7-13)10-18-14-6-5-12(8-15)9-16-14/h2-7,9H,8,10,15H2,1H3. The molecule has 94 valence electrons. The first-order chi connectivity index (χ1) is 8.81. The molecule has 1 aromatic carbocycles. The van der Waals surface area contributed by atoms with E-state index >= 15 is 0 Å². The first kappa shape index (κ1) is 12.4. The van der Waals surface area contributed by atoms with Crippen LogP contribution in [0.3, 0.4) is 0 Å². The second-order valence-corrected chi connectivity index (χ2v) is 3.85. The van der Waals surface area contributed by atoms with Crippen molar-refractivity contribution in [1.82, 2.24) is 4.98 Å². The van der Waals surface area contributed by atoms with Crippen molar-refractivity contribution in [3.05, 3.63) is 53.7 Å². The molecule has 0 aliphatic rings. The molecule has 2 N–H and O–H groups in total. The van der Waals surface area contributed by atoms with Gasteiger partial charge in [-0.2, -0.15) is 0 Å². The van der Waals surface area contributed by atoms with Crippen LogP contribution in [0.5, 0.6) is 11.6 Å². The van der Waals surface area contributed by atoms with Crippen LogP contribution in [0.4, 0.5) is 0 Å². The number of hydrogen-bond acceptors (Lipinski definition) is 4. The highest BCUT2D eigenvalue weighted by molar-refractivity contribution is 5.28. The Morgan fingerprint density at radius 1 is 1.17 bits per heavy atom. The maximum absolute atomic E-state index is 5.58. The van der Waals surface area contributed by atoms with Crippen LogP contribution in [0.25, 0.3) is 0 Å². The summed E-state index contributed by atoms with van der Waals surface area (Å²) in [6, 6.07) is 11.5. The zero-order valence-corrected chi connectivity index (χ0v) is 10.3. The highest BCUT2D eigenvalue weighted by Crippen LogP contribution is 2.15. The third-order valence-electron chi connectivity index (χ3n) is 2.55. The number of rotatable bonds is 5. The molecule has 0 atom stereocenters. The van der Waals surface area contributed by atoms with Crippen LogP contribution in [0.15, 0.2) is 42.6 Å². The first-order valence-corrected chi connectivity index (χ1v) is 5.72. The second-order valence-electron chi connectivity index (χ2n) is 3.85. The van der Waals surface area contributed by atoms with Gasteiger partial charge in [-0.1, -0.05) is 18.2 Å². The zero-order valence-electron chi connectivity index (χ0n) is 10.3. The summed E-state index contributed by atoms with van der Waals surface area (Å²) >= 11 is 0. The number of ether oxygens (including phenoxy) is 2. The lowest BCUT2D eigenvalue weighted by Gasteiger charge is -2.07. The van der Waals surface area contributed by atoms with Crippen LogP contribution in [-0.4, -0.2) is 12.1 Å². The van der Waals surface area contributed by atoms with Crippen molar-refractivity contribution in [2.45, 2.75) is 13.2 Å². The van der Waals surface area contributed by atoms with Crippen LogP contribution in [-0.2, 0) is 13.2 Å². The number of pyridine rings is 1. The van der Waals surface area contributed by atoms with Gasteiger partial charge in [0.05, 0.1) is 7.11 Å². The predicted molar refractivity (Wildman–Crippen MR) is 69.5 cm³/mol. The summed E-state index contributed by atoms with van der Waals surface area (Å²) in [4.78, 5) is 4.17. The largest absolute Gasteiger partial charge is 0.497 e. The van der Waals surface area contributed by atoms with Gasteiger partial charge >= 0.3 is 0 Å². The summed E-state index contributed by atoms with van der Waals surface area (Å²) in [7, 11) is 1.65. The van der Waals surface area contributed by atoms with Gasteiger partial charge in [0.1, 0.15) is 12.4 Å². The smallest absolute Gasteiger partial charge is 0.213 e. The molecule has 0 unspecified atom stereocenters. The summed E-state index contributed by atoms with van der Waals surface area (Å²) in [5.74, 6) is 1.41. The Bertz CT molecular complexity index is 497. The molecule has 1 aromatic heterocycles. The van der Waals surface area contributed by atoms with Gasteiger partial charge in [0, 0.05) is 18.8 Å². The summed E-state index contributed by atoms with van der Waals surface area (Å²) in [6.07, 6.45) is 1.72. The Labute approximate surface area is 106 Å². The Morgan fingerprint density at radius 2 is 2.06 bits per heavy atom. The maximum Gasteiger partial charge on any atom is 0.213 e. The summed E-state index contributed by atoms with van der Waals surface area (Å²) in [5, 5.41) is 0. The van der Waals surface area contributed by atoms with Gasteiger partial charge in [-0.05, 0) is 23.3 Å². The Morgan fingerprint density at radius 3 is 2.72 bits per heavy atom. The molecular formula is C14H16N2O2. The van der Waals surface area contributed by atoms with Crippen LogP contribution < -0.4 is 15.2 Å². The summed E-state index contributed by atoms with van der Waals surface area (Å²) < 4.78 is 10.7. The van der Waals surface area contributed by atoms with Gasteiger partial charge in [-0.15, -0.1) is 0 Å². The SMILES string of the molecule is COc1cccc(COc2ccc(CN)cn2)c1. The van der Waals surface area contributed by atoms with Crippen LogP contribution >= 0.6 is 0 Å². The number of hydrogen-bond donors (Lipinski definition) is 1. The highest BCUT2D eigenvalue weighted by atomic mass is 16.5. The fraction of sp³-hybridized carbons (Fsp3) is 0.214. The monoisotopic (exact) mass is 244 g/mol. The van der Waals surface area contributed by atoms with Crippen molar-refractivity contribution in [3.63, 3.8) is 0 Å². The van der Waals surface area contributed by atoms with E-state index < -0.39 is 0 Å². The number of nitrogens with zero attached hydrogens (tertiary/aromatic N) is 1. The molecule has 0 saturated heterocycles. The van der Waals surface area contributed by atoms with E-state index in [1.807, 2.05) is 36.4 Å². The van der Waals surface area contributed by atoms with Gasteiger partial charge in [0.15, 0.2) is 0 Å².